The summed E-state index contributed by atoms with van der Waals surface area (Å²) in [5, 5.41) is 13.7. The van der Waals surface area contributed by atoms with Crippen LogP contribution in [0, 0.1) is 5.92 Å². The fraction of sp³-hybridized carbons (Fsp3) is 0.500. The van der Waals surface area contributed by atoms with Crippen LogP contribution in [0.15, 0.2) is 24.4 Å². The van der Waals surface area contributed by atoms with Gasteiger partial charge in [0.1, 0.15) is 6.04 Å². The monoisotopic (exact) mass is 333 g/mol. The summed E-state index contributed by atoms with van der Waals surface area (Å²) in [6, 6.07) is 4.53. The second kappa shape index (κ2) is 7.76. The first-order valence-corrected chi connectivity index (χ1v) is 7.97. The third-order valence-corrected chi connectivity index (χ3v) is 3.58. The number of carbonyl (C=O) groups excluding carboxylic acids is 2. The number of rotatable bonds is 6. The lowest BCUT2D eigenvalue weighted by atomic mass is 10.0. The molecular formula is C16H23N5O3. The molecule has 8 heteroatoms. The summed E-state index contributed by atoms with van der Waals surface area (Å²) in [6.45, 7) is 7.49. The van der Waals surface area contributed by atoms with Gasteiger partial charge in [0.2, 0.25) is 5.91 Å². The predicted molar refractivity (Wildman–Crippen MR) is 88.3 cm³/mol. The molecule has 2 atom stereocenters. The Morgan fingerprint density at radius 3 is 2.62 bits per heavy atom. The number of pyridine rings is 1. The average Bonchev–Trinajstić information content (AvgIpc) is 2.96. The maximum atomic E-state index is 12.5. The summed E-state index contributed by atoms with van der Waals surface area (Å²) in [6.07, 6.45) is 1.23. The minimum Gasteiger partial charge on any atom is -0.450 e. The number of hydrogen-bond donors (Lipinski definition) is 2. The lowest BCUT2D eigenvalue weighted by molar-refractivity contribution is -0.124. The van der Waals surface area contributed by atoms with Gasteiger partial charge >= 0.3 is 6.09 Å². The van der Waals surface area contributed by atoms with Gasteiger partial charge in [-0.3, -0.25) is 9.20 Å². The van der Waals surface area contributed by atoms with Gasteiger partial charge in [-0.25, -0.2) is 4.79 Å². The number of hydrogen-bond acceptors (Lipinski definition) is 5. The van der Waals surface area contributed by atoms with Crippen LogP contribution < -0.4 is 10.6 Å². The lowest BCUT2D eigenvalue weighted by Crippen LogP contribution is -2.50. The molecule has 2 heterocycles. The van der Waals surface area contributed by atoms with Crippen LogP contribution in [0.1, 0.15) is 39.6 Å². The highest BCUT2D eigenvalue weighted by molar-refractivity contribution is 5.86. The predicted octanol–water partition coefficient (Wildman–Crippen LogP) is 1.68. The molecule has 0 aliphatic heterocycles. The third kappa shape index (κ3) is 4.01. The topological polar surface area (TPSA) is 97.6 Å². The van der Waals surface area contributed by atoms with Gasteiger partial charge < -0.3 is 15.4 Å². The molecule has 2 amide bonds. The molecule has 24 heavy (non-hydrogen) atoms. The number of ether oxygens (including phenoxy) is 1. The van der Waals surface area contributed by atoms with E-state index in [1.54, 1.807) is 6.92 Å². The summed E-state index contributed by atoms with van der Waals surface area (Å²) < 4.78 is 6.66. The van der Waals surface area contributed by atoms with E-state index in [-0.39, 0.29) is 24.5 Å². The Hall–Kier alpha value is -2.64. The van der Waals surface area contributed by atoms with E-state index in [2.05, 4.69) is 20.8 Å². The average molecular weight is 333 g/mol. The van der Waals surface area contributed by atoms with Crippen LogP contribution in [0.25, 0.3) is 5.65 Å². The normalized spacial score (nSPS) is 13.5. The first kappa shape index (κ1) is 17.7. The van der Waals surface area contributed by atoms with Crippen LogP contribution in [0.4, 0.5) is 4.79 Å². The Kier molecular flexibility index (Phi) is 5.73. The van der Waals surface area contributed by atoms with E-state index in [4.69, 9.17) is 4.74 Å². The maximum Gasteiger partial charge on any atom is 0.407 e. The van der Waals surface area contributed by atoms with Crippen LogP contribution in [0.3, 0.4) is 0 Å². The van der Waals surface area contributed by atoms with Gasteiger partial charge in [-0.1, -0.05) is 19.9 Å². The van der Waals surface area contributed by atoms with Crippen molar-refractivity contribution in [2.75, 3.05) is 6.61 Å². The second-order valence-corrected chi connectivity index (χ2v) is 5.80. The van der Waals surface area contributed by atoms with E-state index in [0.29, 0.717) is 11.5 Å². The molecule has 2 unspecified atom stereocenters. The second-order valence-electron chi connectivity index (χ2n) is 5.80. The van der Waals surface area contributed by atoms with Crippen LogP contribution in [-0.4, -0.2) is 39.2 Å². The van der Waals surface area contributed by atoms with Crippen molar-refractivity contribution in [3.05, 3.63) is 30.2 Å². The zero-order chi connectivity index (χ0) is 17.7. The van der Waals surface area contributed by atoms with Gasteiger partial charge in [-0.2, -0.15) is 0 Å². The standard InChI is InChI=1S/C16H23N5O3/c1-5-24-16(23)18-13(10(2)3)15(22)17-11(4)14-20-19-12-8-6-7-9-21(12)14/h6-11,13H,5H2,1-4H3,(H,17,22)(H,18,23). The Bertz CT molecular complexity index is 713. The van der Waals surface area contributed by atoms with Crippen LogP contribution in [0.2, 0.25) is 0 Å². The summed E-state index contributed by atoms with van der Waals surface area (Å²) >= 11 is 0. The number of amides is 2. The van der Waals surface area contributed by atoms with Crippen molar-refractivity contribution in [3.8, 4) is 0 Å². The smallest absolute Gasteiger partial charge is 0.407 e. The van der Waals surface area contributed by atoms with E-state index in [0.717, 1.165) is 0 Å². The van der Waals surface area contributed by atoms with E-state index in [1.165, 1.54) is 0 Å². The van der Waals surface area contributed by atoms with Crippen molar-refractivity contribution >= 4 is 17.6 Å². The molecule has 0 aliphatic rings. The van der Waals surface area contributed by atoms with Crippen LogP contribution in [-0.2, 0) is 9.53 Å². The summed E-state index contributed by atoms with van der Waals surface area (Å²) in [7, 11) is 0. The molecule has 0 radical (unpaired) electrons. The minimum absolute atomic E-state index is 0.0863. The zero-order valence-corrected chi connectivity index (χ0v) is 14.3. The van der Waals surface area contributed by atoms with Gasteiger partial charge in [0.05, 0.1) is 12.6 Å². The largest absolute Gasteiger partial charge is 0.450 e. The fourth-order valence-corrected chi connectivity index (χ4v) is 2.36. The fourth-order valence-electron chi connectivity index (χ4n) is 2.36. The molecule has 130 valence electrons. The quantitative estimate of drug-likeness (QED) is 0.838. The van der Waals surface area contributed by atoms with E-state index < -0.39 is 12.1 Å². The van der Waals surface area contributed by atoms with E-state index in [1.807, 2.05) is 49.6 Å². The Balaban J connectivity index is 2.09. The molecule has 2 rings (SSSR count). The van der Waals surface area contributed by atoms with Crippen molar-refractivity contribution < 1.29 is 14.3 Å². The number of fused-ring (bicyclic) bond motifs is 1. The Morgan fingerprint density at radius 1 is 1.21 bits per heavy atom. The highest BCUT2D eigenvalue weighted by Gasteiger charge is 2.27. The molecule has 0 fully saturated rings. The molecule has 0 bridgehead atoms. The van der Waals surface area contributed by atoms with Crippen molar-refractivity contribution in [2.24, 2.45) is 5.92 Å². The van der Waals surface area contributed by atoms with E-state index in [9.17, 15) is 9.59 Å². The molecule has 8 nitrogen and oxygen atoms in total. The number of aromatic nitrogens is 3. The highest BCUT2D eigenvalue weighted by atomic mass is 16.5. The molecule has 0 aromatic carbocycles. The van der Waals surface area contributed by atoms with Gasteiger partial charge in [-0.05, 0) is 31.9 Å². The molecule has 0 saturated carbocycles. The van der Waals surface area contributed by atoms with Crippen molar-refractivity contribution in [2.45, 2.75) is 39.8 Å². The molecule has 2 N–H and O–H groups in total. The molecule has 2 aromatic heterocycles. The van der Waals surface area contributed by atoms with Crippen molar-refractivity contribution in [1.82, 2.24) is 25.2 Å². The number of carbonyl (C=O) groups is 2. The molecule has 0 spiro atoms. The summed E-state index contributed by atoms with van der Waals surface area (Å²) in [4.78, 5) is 24.1. The first-order chi connectivity index (χ1) is 11.4. The van der Waals surface area contributed by atoms with Gasteiger partial charge in [0.25, 0.3) is 0 Å². The van der Waals surface area contributed by atoms with Gasteiger partial charge in [0, 0.05) is 6.20 Å². The summed E-state index contributed by atoms with van der Waals surface area (Å²) in [5.74, 6) is 0.243. The molecule has 0 aliphatic carbocycles. The Labute approximate surface area is 140 Å². The highest BCUT2D eigenvalue weighted by Crippen LogP contribution is 2.13. The number of nitrogens with zero attached hydrogens (tertiary/aromatic N) is 3. The van der Waals surface area contributed by atoms with E-state index >= 15 is 0 Å². The molecular weight excluding hydrogens is 310 g/mol. The molecule has 0 saturated heterocycles. The van der Waals surface area contributed by atoms with Crippen LogP contribution >= 0.6 is 0 Å². The van der Waals surface area contributed by atoms with Gasteiger partial charge in [-0.15, -0.1) is 10.2 Å². The number of nitrogens with one attached hydrogen (secondary N) is 2. The number of alkyl carbamates (subject to hydrolysis) is 1. The lowest BCUT2D eigenvalue weighted by Gasteiger charge is -2.23. The SMILES string of the molecule is CCOC(=O)NC(C(=O)NC(C)c1nnc2ccccn12)C(C)C. The third-order valence-electron chi connectivity index (χ3n) is 3.58. The van der Waals surface area contributed by atoms with Crippen LogP contribution in [0.5, 0.6) is 0 Å². The minimum atomic E-state index is -0.689. The van der Waals surface area contributed by atoms with Crippen molar-refractivity contribution in [1.29, 1.82) is 0 Å². The van der Waals surface area contributed by atoms with Gasteiger partial charge in [0.15, 0.2) is 11.5 Å². The molecule has 2 aromatic rings. The maximum absolute atomic E-state index is 12.5. The zero-order valence-electron chi connectivity index (χ0n) is 14.3. The Morgan fingerprint density at radius 2 is 1.96 bits per heavy atom. The first-order valence-electron chi connectivity index (χ1n) is 7.97. The summed E-state index contributed by atoms with van der Waals surface area (Å²) in [5.41, 5.74) is 0.707. The van der Waals surface area contributed by atoms with Crippen molar-refractivity contribution in [3.63, 3.8) is 0 Å².